The number of hydrogen-bond donors (Lipinski definition) is 4. The Bertz CT molecular complexity index is 1250. The predicted octanol–water partition coefficient (Wildman–Crippen LogP) is 2.93. The quantitative estimate of drug-likeness (QED) is 0.0831. The maximum Gasteiger partial charge on any atom is 0.312 e. The van der Waals surface area contributed by atoms with Gasteiger partial charge in [0.2, 0.25) is 0 Å². The van der Waals surface area contributed by atoms with Gasteiger partial charge in [-0.3, -0.25) is 4.79 Å². The number of cyclic esters (lactones) is 1. The van der Waals surface area contributed by atoms with Crippen molar-refractivity contribution in [1.82, 2.24) is 9.80 Å². The van der Waals surface area contributed by atoms with Crippen LogP contribution in [0.25, 0.3) is 0 Å². The van der Waals surface area contributed by atoms with Gasteiger partial charge in [0.05, 0.1) is 48.1 Å². The number of hydrogen-bond acceptors (Lipinski definition) is 14. The van der Waals surface area contributed by atoms with Crippen LogP contribution in [0.5, 0.6) is 0 Å². The van der Waals surface area contributed by atoms with Gasteiger partial charge >= 0.3 is 5.97 Å². The van der Waals surface area contributed by atoms with Crippen molar-refractivity contribution in [1.29, 1.82) is 0 Å². The van der Waals surface area contributed by atoms with Crippen LogP contribution in [0.4, 0.5) is 0 Å². The van der Waals surface area contributed by atoms with Gasteiger partial charge in [-0.1, -0.05) is 19.8 Å². The van der Waals surface area contributed by atoms with E-state index in [4.69, 9.17) is 39.6 Å². The molecule has 3 aliphatic rings. The predicted molar refractivity (Wildman–Crippen MR) is 215 cm³/mol. The fourth-order valence-electron chi connectivity index (χ4n) is 8.55. The first kappa shape index (κ1) is 48.6. The molecule has 0 amide bonds. The summed E-state index contributed by atoms with van der Waals surface area (Å²) in [4.78, 5) is 18.3. The lowest BCUT2D eigenvalue weighted by molar-refractivity contribution is -0.308. The molecule has 15 heteroatoms. The number of alkyl halides is 1. The average Bonchev–Trinajstić information content (AvgIpc) is 3.11. The van der Waals surface area contributed by atoms with Crippen molar-refractivity contribution in [2.24, 2.45) is 17.8 Å². The highest BCUT2D eigenvalue weighted by molar-refractivity contribution is 14.1. The van der Waals surface area contributed by atoms with Gasteiger partial charge in [0.1, 0.15) is 24.4 Å². The standard InChI is InChI=1S/C40H71IN2O12/c1-14-16-50-17-15-42(11)29-18-24(3)51-30(19-29)54-35-25(4)32(53-31-21-39(9,49-13)34(45)28(7)52-31)26(5)36(46)55-37(41)40(10,48)33(44)27(6)43(12)22-23(2)20-38(35,8)47/h1,23-35,37,44-45,47-48H,15-22H2,2-13H3/t23-,24-,25+,26-,27-,28+,29+,30+,31-,32+,33-,34+,35-,37+,38-,39-,40+/m1/s1. The van der Waals surface area contributed by atoms with E-state index in [-0.39, 0.29) is 37.5 Å². The molecule has 3 saturated heterocycles. The first-order valence-corrected chi connectivity index (χ1v) is 21.0. The summed E-state index contributed by atoms with van der Waals surface area (Å²) in [6.45, 7) is 17.9. The highest BCUT2D eigenvalue weighted by Gasteiger charge is 2.52. The van der Waals surface area contributed by atoms with Crippen molar-refractivity contribution in [2.45, 2.75) is 170 Å². The number of carbonyl (C=O) groups is 1. The Kier molecular flexibility index (Phi) is 18.1. The van der Waals surface area contributed by atoms with Crippen molar-refractivity contribution in [3.05, 3.63) is 0 Å². The van der Waals surface area contributed by atoms with E-state index < -0.39 is 87.9 Å². The Morgan fingerprint density at radius 3 is 2.27 bits per heavy atom. The Morgan fingerprint density at radius 2 is 1.65 bits per heavy atom. The van der Waals surface area contributed by atoms with Crippen molar-refractivity contribution in [3.63, 3.8) is 0 Å². The number of carbonyl (C=O) groups excluding carboxylic acids is 1. The molecule has 0 aromatic rings. The number of rotatable bonds is 10. The number of methoxy groups -OCH3 is 1. The highest BCUT2D eigenvalue weighted by atomic mass is 127. The third-order valence-electron chi connectivity index (χ3n) is 12.2. The highest BCUT2D eigenvalue weighted by Crippen LogP contribution is 2.40. The fourth-order valence-corrected chi connectivity index (χ4v) is 9.17. The van der Waals surface area contributed by atoms with Crippen LogP contribution in [0.2, 0.25) is 0 Å². The molecular weight excluding hydrogens is 827 g/mol. The summed E-state index contributed by atoms with van der Waals surface area (Å²) >= 11 is 1.85. The van der Waals surface area contributed by atoms with Crippen LogP contribution in [0.1, 0.15) is 88.0 Å². The van der Waals surface area contributed by atoms with E-state index in [1.165, 1.54) is 14.0 Å². The van der Waals surface area contributed by atoms with Gasteiger partial charge in [0.25, 0.3) is 0 Å². The molecule has 0 bridgehead atoms. The molecule has 0 unspecified atom stereocenters. The molecule has 3 aliphatic heterocycles. The minimum absolute atomic E-state index is 0.0933. The summed E-state index contributed by atoms with van der Waals surface area (Å²) in [5.41, 5.74) is -4.29. The van der Waals surface area contributed by atoms with Crippen LogP contribution in [0.15, 0.2) is 0 Å². The molecular formula is C40H71IN2O12. The van der Waals surface area contributed by atoms with E-state index in [1.807, 2.05) is 62.4 Å². The van der Waals surface area contributed by atoms with Gasteiger partial charge < -0.3 is 63.4 Å². The molecule has 0 aliphatic carbocycles. The molecule has 14 nitrogen and oxygen atoms in total. The van der Waals surface area contributed by atoms with Crippen molar-refractivity contribution in [3.8, 4) is 12.3 Å². The van der Waals surface area contributed by atoms with Gasteiger partial charge in [0, 0.05) is 51.0 Å². The monoisotopic (exact) mass is 898 g/mol. The van der Waals surface area contributed by atoms with E-state index in [9.17, 15) is 25.2 Å². The van der Waals surface area contributed by atoms with E-state index >= 15 is 0 Å². The first-order chi connectivity index (χ1) is 25.5. The van der Waals surface area contributed by atoms with Gasteiger partial charge in [-0.2, -0.15) is 0 Å². The van der Waals surface area contributed by atoms with Crippen LogP contribution in [0.3, 0.4) is 0 Å². The van der Waals surface area contributed by atoms with Crippen LogP contribution < -0.4 is 0 Å². The number of halogens is 1. The summed E-state index contributed by atoms with van der Waals surface area (Å²) in [6, 6.07) is -0.433. The number of esters is 1. The molecule has 0 aromatic heterocycles. The van der Waals surface area contributed by atoms with Gasteiger partial charge in [0.15, 0.2) is 16.7 Å². The molecule has 3 fully saturated rings. The van der Waals surface area contributed by atoms with Crippen LogP contribution >= 0.6 is 22.6 Å². The lowest BCUT2D eigenvalue weighted by Crippen LogP contribution is -2.59. The second-order valence-electron chi connectivity index (χ2n) is 17.3. The molecule has 0 saturated carbocycles. The zero-order valence-electron chi connectivity index (χ0n) is 35.1. The lowest BCUT2D eigenvalue weighted by atomic mass is 9.77. The van der Waals surface area contributed by atoms with Gasteiger partial charge in [-0.15, -0.1) is 6.42 Å². The zero-order valence-corrected chi connectivity index (χ0v) is 37.3. The Morgan fingerprint density at radius 1 is 1.00 bits per heavy atom. The van der Waals surface area contributed by atoms with Crippen LogP contribution in [0, 0.1) is 30.1 Å². The van der Waals surface area contributed by atoms with E-state index in [2.05, 4.69) is 10.8 Å². The first-order valence-electron chi connectivity index (χ1n) is 19.7. The summed E-state index contributed by atoms with van der Waals surface area (Å²) in [5.74, 6) is 0.0686. The second kappa shape index (κ2) is 20.5. The van der Waals surface area contributed by atoms with E-state index in [1.54, 1.807) is 34.6 Å². The number of terminal acetylenes is 1. The van der Waals surface area contributed by atoms with E-state index in [0.717, 1.165) is 6.42 Å². The third-order valence-corrected chi connectivity index (χ3v) is 13.7. The summed E-state index contributed by atoms with van der Waals surface area (Å²) in [5, 5.41) is 46.5. The van der Waals surface area contributed by atoms with Crippen molar-refractivity contribution in [2.75, 3.05) is 47.5 Å². The minimum atomic E-state index is -1.81. The Labute approximate surface area is 343 Å². The third kappa shape index (κ3) is 12.4. The number of aliphatic hydroxyl groups is 4. The number of nitrogens with zero attached hydrogens (tertiary/aromatic N) is 2. The molecule has 0 radical (unpaired) electrons. The maximum absolute atomic E-state index is 14.1. The van der Waals surface area contributed by atoms with Crippen molar-refractivity contribution >= 4 is 28.6 Å². The molecule has 17 atom stereocenters. The van der Waals surface area contributed by atoms with Crippen LogP contribution in [-0.4, -0.2) is 166 Å². The van der Waals surface area contributed by atoms with E-state index in [0.29, 0.717) is 26.1 Å². The number of aliphatic hydroxyl groups excluding tert-OH is 2. The lowest BCUT2D eigenvalue weighted by Gasteiger charge is -2.48. The average molecular weight is 899 g/mol. The SMILES string of the molecule is C#CCOCCN(C)[C@@H]1C[C@H](O[C@@H]2[C@@H](C)[C@H](O[C@@H]3C[C@@](C)(OC)[C@@H](O)[C@H](C)O3)[C@@H](C)C(=O)O[C@H](I)[C@@](C)(O)[C@H](O)[C@@H](C)N(C)C[C@H](C)C[C@@]2(C)O)O[C@H](C)C1. The van der Waals surface area contributed by atoms with Crippen LogP contribution in [-0.2, 0) is 38.0 Å². The Balaban J connectivity index is 2.08. The van der Waals surface area contributed by atoms with Crippen molar-refractivity contribution < 1.29 is 58.4 Å². The number of ether oxygens (including phenoxy) is 7. The van der Waals surface area contributed by atoms with Gasteiger partial charge in [-0.25, -0.2) is 0 Å². The molecule has 4 N–H and O–H groups in total. The molecule has 320 valence electrons. The fraction of sp³-hybridized carbons (Fsp3) is 0.925. The molecule has 55 heavy (non-hydrogen) atoms. The summed E-state index contributed by atoms with van der Waals surface area (Å²) in [7, 11) is 5.40. The zero-order chi connectivity index (χ0) is 41.6. The Hall–Kier alpha value is -0.720. The minimum Gasteiger partial charge on any atom is -0.448 e. The summed E-state index contributed by atoms with van der Waals surface area (Å²) < 4.78 is 42.3. The largest absolute Gasteiger partial charge is 0.448 e. The smallest absolute Gasteiger partial charge is 0.312 e. The normalized spacial score (nSPS) is 46.0. The van der Waals surface area contributed by atoms with Gasteiger partial charge in [-0.05, 0) is 104 Å². The maximum atomic E-state index is 14.1. The number of likely N-dealkylation sites (N-methyl/N-ethyl adjacent to an activating group) is 2. The topological polar surface area (TPSA) is 169 Å². The molecule has 0 aromatic carbocycles. The molecule has 3 heterocycles. The second-order valence-corrected chi connectivity index (χ2v) is 18.4. The summed E-state index contributed by atoms with van der Waals surface area (Å²) in [6.07, 6.45) is 0.567. The molecule has 3 rings (SSSR count). The molecule has 0 spiro atoms.